The van der Waals surface area contributed by atoms with Gasteiger partial charge in [0, 0.05) is 24.0 Å². The van der Waals surface area contributed by atoms with Crippen LogP contribution in [0.3, 0.4) is 0 Å². The van der Waals surface area contributed by atoms with Crippen LogP contribution in [0, 0.1) is 0 Å². The minimum absolute atomic E-state index is 0.494. The van der Waals surface area contributed by atoms with Gasteiger partial charge in [-0.3, -0.25) is 4.90 Å². The van der Waals surface area contributed by atoms with Crippen molar-refractivity contribution in [3.05, 3.63) is 23.9 Å². The van der Waals surface area contributed by atoms with Gasteiger partial charge in [0.15, 0.2) is 0 Å². The van der Waals surface area contributed by atoms with E-state index < -0.39 is 0 Å². The molecule has 0 fully saturated rings. The average Bonchev–Trinajstić information content (AvgIpc) is 2.16. The lowest BCUT2D eigenvalue weighted by Gasteiger charge is -2.17. The molecule has 0 spiro atoms. The first-order valence-electron chi connectivity index (χ1n) is 4.94. The zero-order valence-corrected chi connectivity index (χ0v) is 11.0. The van der Waals surface area contributed by atoms with E-state index in [9.17, 15) is 0 Å². The number of nitrogens with zero attached hydrogens (tertiary/aromatic N) is 2. The fraction of sp³-hybridized carbons (Fsp3) is 0.545. The zero-order valence-electron chi connectivity index (χ0n) is 9.40. The molecule has 0 saturated heterocycles. The summed E-state index contributed by atoms with van der Waals surface area (Å²) in [6.45, 7) is 3.97. The monoisotopic (exact) mass is 272 g/mol. The number of rotatable bonds is 5. The smallest absolute Gasteiger partial charge is 0.213 e. The molecule has 0 aliphatic rings. The molecule has 3 nitrogen and oxygen atoms in total. The highest BCUT2D eigenvalue weighted by molar-refractivity contribution is 9.09. The highest BCUT2D eigenvalue weighted by atomic mass is 79.9. The second kappa shape index (κ2) is 6.08. The van der Waals surface area contributed by atoms with Gasteiger partial charge in [0.25, 0.3) is 0 Å². The molecule has 0 radical (unpaired) electrons. The van der Waals surface area contributed by atoms with E-state index in [1.54, 1.807) is 7.11 Å². The van der Waals surface area contributed by atoms with Crippen LogP contribution in [-0.4, -0.2) is 35.4 Å². The molecule has 1 aromatic heterocycles. The van der Waals surface area contributed by atoms with E-state index in [1.165, 1.54) is 0 Å². The first-order chi connectivity index (χ1) is 7.11. The van der Waals surface area contributed by atoms with Crippen LogP contribution < -0.4 is 4.74 Å². The molecule has 0 N–H and O–H groups in total. The molecule has 1 atom stereocenters. The third kappa shape index (κ3) is 4.62. The molecule has 0 aromatic carbocycles. The van der Waals surface area contributed by atoms with Gasteiger partial charge < -0.3 is 4.74 Å². The Labute approximate surface area is 99.6 Å². The molecule has 1 unspecified atom stereocenters. The number of hydrogen-bond acceptors (Lipinski definition) is 3. The van der Waals surface area contributed by atoms with Gasteiger partial charge in [0.1, 0.15) is 0 Å². The van der Waals surface area contributed by atoms with E-state index in [-0.39, 0.29) is 0 Å². The summed E-state index contributed by atoms with van der Waals surface area (Å²) in [6.07, 6.45) is 0. The van der Waals surface area contributed by atoms with E-state index in [2.05, 4.69) is 39.8 Å². The molecule has 15 heavy (non-hydrogen) atoms. The maximum atomic E-state index is 5.08. The maximum absolute atomic E-state index is 5.08. The van der Waals surface area contributed by atoms with Crippen LogP contribution in [0.5, 0.6) is 5.88 Å². The number of methoxy groups -OCH3 is 1. The van der Waals surface area contributed by atoms with Gasteiger partial charge in [-0.25, -0.2) is 4.98 Å². The molecule has 0 bridgehead atoms. The van der Waals surface area contributed by atoms with E-state index in [0.29, 0.717) is 10.7 Å². The average molecular weight is 273 g/mol. The van der Waals surface area contributed by atoms with Gasteiger partial charge >= 0.3 is 0 Å². The van der Waals surface area contributed by atoms with Crippen molar-refractivity contribution >= 4 is 15.9 Å². The minimum atomic E-state index is 0.494. The lowest BCUT2D eigenvalue weighted by atomic mass is 10.3. The number of ether oxygens (including phenoxy) is 1. The molecule has 0 amide bonds. The zero-order chi connectivity index (χ0) is 11.3. The lowest BCUT2D eigenvalue weighted by Crippen LogP contribution is -2.24. The Balaban J connectivity index is 2.55. The molecule has 0 saturated carbocycles. The highest BCUT2D eigenvalue weighted by Gasteiger charge is 2.05. The van der Waals surface area contributed by atoms with Crippen LogP contribution >= 0.6 is 15.9 Å². The molecule has 1 heterocycles. The van der Waals surface area contributed by atoms with Crippen molar-refractivity contribution in [1.82, 2.24) is 9.88 Å². The fourth-order valence-corrected chi connectivity index (χ4v) is 1.92. The molecule has 84 valence electrons. The van der Waals surface area contributed by atoms with Crippen LogP contribution in [0.1, 0.15) is 12.6 Å². The van der Waals surface area contributed by atoms with Gasteiger partial charge in [-0.2, -0.15) is 0 Å². The molecule has 0 aliphatic carbocycles. The predicted molar refractivity (Wildman–Crippen MR) is 65.5 cm³/mol. The van der Waals surface area contributed by atoms with Gasteiger partial charge in [-0.15, -0.1) is 0 Å². The van der Waals surface area contributed by atoms with E-state index >= 15 is 0 Å². The van der Waals surface area contributed by atoms with Crippen molar-refractivity contribution in [3.63, 3.8) is 0 Å². The van der Waals surface area contributed by atoms with Crippen LogP contribution in [0.2, 0.25) is 0 Å². The quantitative estimate of drug-likeness (QED) is 0.770. The number of hydrogen-bond donors (Lipinski definition) is 0. The van der Waals surface area contributed by atoms with Crippen molar-refractivity contribution in [2.75, 3.05) is 20.7 Å². The summed E-state index contributed by atoms with van der Waals surface area (Å²) in [4.78, 5) is 7.08. The summed E-state index contributed by atoms with van der Waals surface area (Å²) in [5.74, 6) is 0.674. The minimum Gasteiger partial charge on any atom is -0.481 e. The number of aromatic nitrogens is 1. The third-order valence-electron chi connectivity index (χ3n) is 1.99. The topological polar surface area (TPSA) is 25.4 Å². The Hall–Kier alpha value is -0.610. The second-order valence-corrected chi connectivity index (χ2v) is 5.21. The van der Waals surface area contributed by atoms with Gasteiger partial charge in [-0.05, 0) is 13.1 Å². The number of alkyl halides is 1. The summed E-state index contributed by atoms with van der Waals surface area (Å²) < 4.78 is 5.08. The van der Waals surface area contributed by atoms with Crippen molar-refractivity contribution in [2.24, 2.45) is 0 Å². The van der Waals surface area contributed by atoms with E-state index in [0.717, 1.165) is 18.8 Å². The van der Waals surface area contributed by atoms with Crippen molar-refractivity contribution in [3.8, 4) is 5.88 Å². The Bertz CT molecular complexity index is 304. The van der Waals surface area contributed by atoms with Crippen LogP contribution in [-0.2, 0) is 6.54 Å². The summed E-state index contributed by atoms with van der Waals surface area (Å²) in [5, 5.41) is 0. The maximum Gasteiger partial charge on any atom is 0.213 e. The van der Waals surface area contributed by atoms with Crippen molar-refractivity contribution in [1.29, 1.82) is 0 Å². The molecular weight excluding hydrogens is 256 g/mol. The molecule has 4 heteroatoms. The van der Waals surface area contributed by atoms with Gasteiger partial charge in [0.2, 0.25) is 5.88 Å². The normalized spacial score (nSPS) is 12.9. The summed E-state index contributed by atoms with van der Waals surface area (Å²) in [5.41, 5.74) is 1.03. The Kier molecular flexibility index (Phi) is 5.05. The van der Waals surface area contributed by atoms with Crippen LogP contribution in [0.25, 0.3) is 0 Å². The largest absolute Gasteiger partial charge is 0.481 e. The molecule has 1 rings (SSSR count). The SMILES string of the molecule is COc1cccc(CN(C)CC(C)Br)n1. The molecule has 1 aromatic rings. The van der Waals surface area contributed by atoms with E-state index in [1.807, 2.05) is 18.2 Å². The highest BCUT2D eigenvalue weighted by Crippen LogP contribution is 2.09. The predicted octanol–water partition coefficient (Wildman–Crippen LogP) is 2.31. The number of halogens is 1. The van der Waals surface area contributed by atoms with Crippen LogP contribution in [0.15, 0.2) is 18.2 Å². The Morgan fingerprint density at radius 2 is 2.27 bits per heavy atom. The summed E-state index contributed by atoms with van der Waals surface area (Å²) in [7, 11) is 3.72. The first-order valence-corrected chi connectivity index (χ1v) is 5.86. The van der Waals surface area contributed by atoms with Gasteiger partial charge in [0.05, 0.1) is 12.8 Å². The fourth-order valence-electron chi connectivity index (χ4n) is 1.43. The lowest BCUT2D eigenvalue weighted by molar-refractivity contribution is 0.325. The van der Waals surface area contributed by atoms with Crippen molar-refractivity contribution in [2.45, 2.75) is 18.3 Å². The summed E-state index contributed by atoms with van der Waals surface area (Å²) in [6, 6.07) is 5.83. The Morgan fingerprint density at radius 1 is 1.53 bits per heavy atom. The second-order valence-electron chi connectivity index (χ2n) is 3.65. The standard InChI is InChI=1S/C11H17BrN2O/c1-9(12)7-14(2)8-10-5-4-6-11(13-10)15-3/h4-6,9H,7-8H2,1-3H3. The first kappa shape index (κ1) is 12.5. The number of pyridine rings is 1. The summed E-state index contributed by atoms with van der Waals surface area (Å²) >= 11 is 3.53. The van der Waals surface area contributed by atoms with Crippen molar-refractivity contribution < 1.29 is 4.74 Å². The van der Waals surface area contributed by atoms with Crippen LogP contribution in [0.4, 0.5) is 0 Å². The third-order valence-corrected chi connectivity index (χ3v) is 2.28. The van der Waals surface area contributed by atoms with Gasteiger partial charge in [-0.1, -0.05) is 28.9 Å². The molecule has 0 aliphatic heterocycles. The Morgan fingerprint density at radius 3 is 2.87 bits per heavy atom. The van der Waals surface area contributed by atoms with E-state index in [4.69, 9.17) is 4.74 Å². The molecular formula is C11H17BrN2O.